The molecular weight excluding hydrogens is 284 g/mol. The Morgan fingerprint density at radius 2 is 1.82 bits per heavy atom. The van der Waals surface area contributed by atoms with Crippen LogP contribution in [0.1, 0.15) is 10.4 Å². The van der Waals surface area contributed by atoms with Crippen molar-refractivity contribution in [2.45, 2.75) is 0 Å². The van der Waals surface area contributed by atoms with Gasteiger partial charge in [-0.1, -0.05) is 36.4 Å². The maximum absolute atomic E-state index is 12.6. The van der Waals surface area contributed by atoms with Crippen LogP contribution in [0.3, 0.4) is 0 Å². The van der Waals surface area contributed by atoms with Crippen molar-refractivity contribution < 1.29 is 19.1 Å². The fourth-order valence-corrected chi connectivity index (χ4v) is 2.33. The van der Waals surface area contributed by atoms with E-state index in [2.05, 4.69) is 0 Å². The normalized spacial score (nSPS) is 10.6. The van der Waals surface area contributed by atoms with Gasteiger partial charge < -0.3 is 14.3 Å². The molecule has 3 rings (SSSR count). The van der Waals surface area contributed by atoms with Crippen molar-refractivity contribution in [2.75, 3.05) is 7.11 Å². The minimum Gasteiger partial charge on any atom is -0.490 e. The molecule has 2 aromatic carbocycles. The van der Waals surface area contributed by atoms with E-state index in [1.807, 2.05) is 6.07 Å². The first-order valence-electron chi connectivity index (χ1n) is 6.56. The summed E-state index contributed by atoms with van der Waals surface area (Å²) in [7, 11) is 1.38. The van der Waals surface area contributed by atoms with E-state index < -0.39 is 11.4 Å². The molecule has 22 heavy (non-hydrogen) atoms. The van der Waals surface area contributed by atoms with Gasteiger partial charge in [0.05, 0.1) is 12.5 Å². The first kappa shape index (κ1) is 13.9. The van der Waals surface area contributed by atoms with Crippen LogP contribution in [-0.2, 0) is 0 Å². The van der Waals surface area contributed by atoms with E-state index in [1.54, 1.807) is 24.3 Å². The van der Waals surface area contributed by atoms with Gasteiger partial charge in [-0.15, -0.1) is 0 Å². The molecular formula is C17H12O5. The van der Waals surface area contributed by atoms with Gasteiger partial charge in [-0.25, -0.2) is 4.79 Å². The minimum absolute atomic E-state index is 0.0413. The molecule has 0 aliphatic carbocycles. The number of rotatable bonds is 3. The smallest absolute Gasteiger partial charge is 0.339 e. The molecule has 110 valence electrons. The summed E-state index contributed by atoms with van der Waals surface area (Å²) in [6.45, 7) is 0. The van der Waals surface area contributed by atoms with Crippen LogP contribution in [0.15, 0.2) is 57.7 Å². The highest BCUT2D eigenvalue weighted by Crippen LogP contribution is 2.31. The summed E-state index contributed by atoms with van der Waals surface area (Å²) in [5.74, 6) is -0.881. The highest BCUT2D eigenvalue weighted by atomic mass is 16.5. The van der Waals surface area contributed by atoms with Gasteiger partial charge in [0.25, 0.3) is 0 Å². The first-order valence-corrected chi connectivity index (χ1v) is 6.56. The number of methoxy groups -OCH3 is 1. The lowest BCUT2D eigenvalue weighted by molar-refractivity contribution is 0.0698. The molecule has 0 aliphatic heterocycles. The van der Waals surface area contributed by atoms with Crippen molar-refractivity contribution in [1.82, 2.24) is 0 Å². The van der Waals surface area contributed by atoms with E-state index in [9.17, 15) is 14.7 Å². The molecule has 1 heterocycles. The average molecular weight is 296 g/mol. The van der Waals surface area contributed by atoms with Crippen LogP contribution < -0.4 is 10.2 Å². The molecule has 1 N–H and O–H groups in total. The van der Waals surface area contributed by atoms with Crippen LogP contribution in [-0.4, -0.2) is 18.2 Å². The average Bonchev–Trinajstić information content (AvgIpc) is 2.55. The Morgan fingerprint density at radius 3 is 2.45 bits per heavy atom. The van der Waals surface area contributed by atoms with Crippen molar-refractivity contribution in [1.29, 1.82) is 0 Å². The third-order valence-corrected chi connectivity index (χ3v) is 3.35. The Hall–Kier alpha value is -3.08. The molecule has 3 aromatic rings. The van der Waals surface area contributed by atoms with Gasteiger partial charge in [-0.05, 0) is 12.1 Å². The summed E-state index contributed by atoms with van der Waals surface area (Å²) < 4.78 is 10.9. The number of aromatic carboxylic acids is 1. The molecule has 0 atom stereocenters. The van der Waals surface area contributed by atoms with Crippen LogP contribution >= 0.6 is 0 Å². The van der Waals surface area contributed by atoms with Crippen LogP contribution in [0.2, 0.25) is 0 Å². The highest BCUT2D eigenvalue weighted by molar-refractivity contribution is 6.01. The number of benzene rings is 2. The summed E-state index contributed by atoms with van der Waals surface area (Å²) in [6, 6.07) is 13.4. The topological polar surface area (TPSA) is 76.7 Å². The minimum atomic E-state index is -1.15. The van der Waals surface area contributed by atoms with Gasteiger partial charge >= 0.3 is 5.97 Å². The van der Waals surface area contributed by atoms with Gasteiger partial charge in [0.1, 0.15) is 5.56 Å². The Labute approximate surface area is 125 Å². The maximum atomic E-state index is 12.6. The zero-order chi connectivity index (χ0) is 15.7. The lowest BCUT2D eigenvalue weighted by Gasteiger charge is -2.10. The summed E-state index contributed by atoms with van der Waals surface area (Å²) in [4.78, 5) is 23.9. The van der Waals surface area contributed by atoms with E-state index in [0.717, 1.165) is 0 Å². The molecule has 0 saturated carbocycles. The third kappa shape index (κ3) is 2.13. The van der Waals surface area contributed by atoms with Gasteiger partial charge in [0.15, 0.2) is 11.3 Å². The lowest BCUT2D eigenvalue weighted by Crippen LogP contribution is -2.09. The molecule has 5 nitrogen and oxygen atoms in total. The molecule has 5 heteroatoms. The van der Waals surface area contributed by atoms with E-state index >= 15 is 0 Å². The molecule has 1 aromatic heterocycles. The van der Waals surface area contributed by atoms with E-state index in [1.165, 1.54) is 25.3 Å². The van der Waals surface area contributed by atoms with Crippen molar-refractivity contribution in [3.05, 3.63) is 64.3 Å². The molecule has 0 unspecified atom stereocenters. The number of para-hydroxylation sites is 1. The highest BCUT2D eigenvalue weighted by Gasteiger charge is 2.20. The fraction of sp³-hybridized carbons (Fsp3) is 0.0588. The summed E-state index contributed by atoms with van der Waals surface area (Å²) in [6.07, 6.45) is 0. The number of ether oxygens (including phenoxy) is 1. The van der Waals surface area contributed by atoms with E-state index in [4.69, 9.17) is 9.15 Å². The monoisotopic (exact) mass is 296 g/mol. The number of carboxylic acid groups (broad SMARTS) is 1. The predicted octanol–water partition coefficient (Wildman–Crippen LogP) is 3.17. The molecule has 0 amide bonds. The van der Waals surface area contributed by atoms with E-state index in [-0.39, 0.29) is 28.0 Å². The number of hydrogen-bond donors (Lipinski definition) is 1. The van der Waals surface area contributed by atoms with E-state index in [0.29, 0.717) is 5.56 Å². The zero-order valence-corrected chi connectivity index (χ0v) is 11.7. The Balaban J connectivity index is 2.45. The molecule has 0 saturated heterocycles. The first-order chi connectivity index (χ1) is 10.6. The predicted molar refractivity (Wildman–Crippen MR) is 81.4 cm³/mol. The van der Waals surface area contributed by atoms with Crippen molar-refractivity contribution in [3.63, 3.8) is 0 Å². The Kier molecular flexibility index (Phi) is 3.39. The van der Waals surface area contributed by atoms with Gasteiger partial charge in [0, 0.05) is 5.56 Å². The standard InChI is InChI=1S/C17H12O5/c1-21-16-13(18)11-8-5-9-12(17(19)20)15(11)22-14(16)10-6-3-2-4-7-10/h2-9H,1H3,(H,19,20). The second-order valence-electron chi connectivity index (χ2n) is 4.65. The van der Waals surface area contributed by atoms with Gasteiger partial charge in [-0.3, -0.25) is 4.79 Å². The van der Waals surface area contributed by atoms with Gasteiger partial charge in [0.2, 0.25) is 11.2 Å². The van der Waals surface area contributed by atoms with Crippen molar-refractivity contribution in [3.8, 4) is 17.1 Å². The van der Waals surface area contributed by atoms with Crippen LogP contribution in [0, 0.1) is 0 Å². The number of carboxylic acids is 1. The number of carbonyl (C=O) groups is 1. The van der Waals surface area contributed by atoms with Crippen molar-refractivity contribution in [2.24, 2.45) is 0 Å². The second-order valence-corrected chi connectivity index (χ2v) is 4.65. The lowest BCUT2D eigenvalue weighted by atomic mass is 10.1. The summed E-state index contributed by atoms with van der Waals surface area (Å²) >= 11 is 0. The third-order valence-electron chi connectivity index (χ3n) is 3.35. The largest absolute Gasteiger partial charge is 0.490 e. The van der Waals surface area contributed by atoms with Crippen molar-refractivity contribution >= 4 is 16.9 Å². The molecule has 0 spiro atoms. The summed E-state index contributed by atoms with van der Waals surface area (Å²) in [5.41, 5.74) is 0.221. The SMILES string of the molecule is COc1c(-c2ccccc2)oc2c(C(=O)O)cccc2c1=O. The zero-order valence-electron chi connectivity index (χ0n) is 11.7. The number of fused-ring (bicyclic) bond motifs is 1. The number of hydrogen-bond acceptors (Lipinski definition) is 4. The molecule has 0 bridgehead atoms. The maximum Gasteiger partial charge on any atom is 0.339 e. The fourth-order valence-electron chi connectivity index (χ4n) is 2.33. The molecule has 0 radical (unpaired) electrons. The van der Waals surface area contributed by atoms with Gasteiger partial charge in [-0.2, -0.15) is 0 Å². The van der Waals surface area contributed by atoms with Crippen LogP contribution in [0.25, 0.3) is 22.3 Å². The van der Waals surface area contributed by atoms with Crippen LogP contribution in [0.4, 0.5) is 0 Å². The summed E-state index contributed by atoms with van der Waals surface area (Å²) in [5, 5.41) is 9.45. The van der Waals surface area contributed by atoms with Crippen LogP contribution in [0.5, 0.6) is 5.75 Å². The second kappa shape index (κ2) is 5.37. The molecule has 0 aliphatic rings. The quantitative estimate of drug-likeness (QED) is 0.803. The Morgan fingerprint density at radius 1 is 1.09 bits per heavy atom. The Bertz CT molecular complexity index is 909. The molecule has 0 fully saturated rings.